The molecule has 2 atom stereocenters. The lowest BCUT2D eigenvalue weighted by Gasteiger charge is -2.37. The topological polar surface area (TPSA) is 72.4 Å². The number of amides is 1. The fourth-order valence-electron chi connectivity index (χ4n) is 2.23. The van der Waals surface area contributed by atoms with E-state index in [4.69, 9.17) is 10.3 Å². The molecule has 2 unspecified atom stereocenters. The lowest BCUT2D eigenvalue weighted by atomic mass is 9.96. The van der Waals surface area contributed by atoms with E-state index in [9.17, 15) is 4.79 Å². The van der Waals surface area contributed by atoms with Gasteiger partial charge in [-0.1, -0.05) is 5.16 Å². The predicted octanol–water partition coefficient (Wildman–Crippen LogP) is 1.02. The Kier molecular flexibility index (Phi) is 3.24. The maximum Gasteiger partial charge on any atom is 0.276 e. The van der Waals surface area contributed by atoms with Gasteiger partial charge in [-0.3, -0.25) is 4.79 Å². The van der Waals surface area contributed by atoms with Gasteiger partial charge in [0.15, 0.2) is 5.69 Å². The minimum absolute atomic E-state index is 0.00356. The Morgan fingerprint density at radius 3 is 3.12 bits per heavy atom. The van der Waals surface area contributed by atoms with E-state index in [1.54, 1.807) is 6.07 Å². The van der Waals surface area contributed by atoms with Crippen LogP contribution in [-0.2, 0) is 0 Å². The fourth-order valence-corrected chi connectivity index (χ4v) is 2.23. The maximum atomic E-state index is 12.1. The summed E-state index contributed by atoms with van der Waals surface area (Å²) in [4.78, 5) is 13.9. The molecule has 1 aromatic rings. The molecule has 1 aliphatic rings. The van der Waals surface area contributed by atoms with Crippen LogP contribution in [0.2, 0.25) is 0 Å². The Morgan fingerprint density at radius 2 is 2.50 bits per heavy atom. The number of piperidine rings is 1. The quantitative estimate of drug-likeness (QED) is 0.812. The molecule has 0 aliphatic carbocycles. The van der Waals surface area contributed by atoms with Crippen LogP contribution in [0.5, 0.6) is 0 Å². The minimum Gasteiger partial charge on any atom is -0.364 e. The number of hydrogen-bond acceptors (Lipinski definition) is 4. The van der Waals surface area contributed by atoms with Gasteiger partial charge in [0.1, 0.15) is 6.26 Å². The molecule has 1 amide bonds. The van der Waals surface area contributed by atoms with Gasteiger partial charge in [-0.05, 0) is 26.2 Å². The van der Waals surface area contributed by atoms with Crippen molar-refractivity contribution in [2.24, 2.45) is 5.73 Å². The molecular weight excluding hydrogens is 206 g/mol. The van der Waals surface area contributed by atoms with Crippen LogP contribution in [0.3, 0.4) is 0 Å². The Hall–Kier alpha value is -1.36. The van der Waals surface area contributed by atoms with Crippen LogP contribution in [-0.4, -0.2) is 34.6 Å². The van der Waals surface area contributed by atoms with Crippen LogP contribution in [0.25, 0.3) is 0 Å². The fraction of sp³-hybridized carbons (Fsp3) is 0.636. The Balaban J connectivity index is 2.14. The number of aromatic nitrogens is 1. The molecule has 1 aliphatic heterocycles. The number of rotatable bonds is 2. The molecule has 88 valence electrons. The summed E-state index contributed by atoms with van der Waals surface area (Å²) in [5.41, 5.74) is 6.28. The van der Waals surface area contributed by atoms with Crippen molar-refractivity contribution in [1.82, 2.24) is 10.1 Å². The molecule has 5 nitrogen and oxygen atoms in total. The molecule has 1 fully saturated rings. The van der Waals surface area contributed by atoms with Gasteiger partial charge in [0.05, 0.1) is 0 Å². The van der Waals surface area contributed by atoms with Gasteiger partial charge >= 0.3 is 0 Å². The van der Waals surface area contributed by atoms with E-state index in [-0.39, 0.29) is 18.0 Å². The third-order valence-corrected chi connectivity index (χ3v) is 3.07. The number of nitrogens with zero attached hydrogens (tertiary/aromatic N) is 2. The van der Waals surface area contributed by atoms with E-state index >= 15 is 0 Å². The summed E-state index contributed by atoms with van der Waals surface area (Å²) in [6, 6.07) is 1.71. The van der Waals surface area contributed by atoms with Crippen LogP contribution < -0.4 is 5.73 Å². The Bertz CT molecular complexity index is 348. The zero-order chi connectivity index (χ0) is 11.5. The molecule has 2 heterocycles. The summed E-state index contributed by atoms with van der Waals surface area (Å²) < 4.78 is 4.69. The second-order valence-electron chi connectivity index (χ2n) is 4.31. The highest BCUT2D eigenvalue weighted by molar-refractivity contribution is 5.92. The summed E-state index contributed by atoms with van der Waals surface area (Å²) in [6.07, 6.45) is 4.56. The normalized spacial score (nSPS) is 23.1. The molecule has 16 heavy (non-hydrogen) atoms. The molecule has 0 radical (unpaired) electrons. The second-order valence-corrected chi connectivity index (χ2v) is 4.31. The van der Waals surface area contributed by atoms with Crippen molar-refractivity contribution in [3.05, 3.63) is 18.0 Å². The summed E-state index contributed by atoms with van der Waals surface area (Å²) in [7, 11) is 0. The largest absolute Gasteiger partial charge is 0.364 e. The standard InChI is InChI=1S/C11H17N3O2/c1-8(12)10-4-2-3-6-14(10)11(15)9-5-7-16-13-9/h5,7-8,10H,2-4,6,12H2,1H3. The average molecular weight is 223 g/mol. The second kappa shape index (κ2) is 4.65. The van der Waals surface area contributed by atoms with Gasteiger partial charge in [-0.25, -0.2) is 0 Å². The van der Waals surface area contributed by atoms with Gasteiger partial charge in [0, 0.05) is 24.7 Å². The molecule has 0 spiro atoms. The highest BCUT2D eigenvalue weighted by atomic mass is 16.5. The van der Waals surface area contributed by atoms with Gasteiger partial charge in [-0.15, -0.1) is 0 Å². The number of nitrogens with two attached hydrogens (primary N) is 1. The van der Waals surface area contributed by atoms with Crippen molar-refractivity contribution in [1.29, 1.82) is 0 Å². The van der Waals surface area contributed by atoms with E-state index in [1.807, 2.05) is 11.8 Å². The highest BCUT2D eigenvalue weighted by Gasteiger charge is 2.30. The first-order valence-electron chi connectivity index (χ1n) is 5.67. The third-order valence-electron chi connectivity index (χ3n) is 3.07. The molecule has 0 saturated carbocycles. The van der Waals surface area contributed by atoms with E-state index in [0.29, 0.717) is 5.69 Å². The first-order chi connectivity index (χ1) is 7.70. The van der Waals surface area contributed by atoms with E-state index in [1.165, 1.54) is 6.26 Å². The molecule has 0 bridgehead atoms. The van der Waals surface area contributed by atoms with Gasteiger partial charge in [-0.2, -0.15) is 0 Å². The average Bonchev–Trinajstić information content (AvgIpc) is 2.81. The first-order valence-corrected chi connectivity index (χ1v) is 5.67. The molecule has 1 saturated heterocycles. The van der Waals surface area contributed by atoms with Crippen LogP contribution in [0.4, 0.5) is 0 Å². The monoisotopic (exact) mass is 223 g/mol. The lowest BCUT2D eigenvalue weighted by Crippen LogP contribution is -2.51. The first kappa shape index (κ1) is 11.1. The Morgan fingerprint density at radius 1 is 1.69 bits per heavy atom. The molecule has 2 rings (SSSR count). The molecule has 5 heteroatoms. The number of hydrogen-bond donors (Lipinski definition) is 1. The maximum absolute atomic E-state index is 12.1. The molecule has 2 N–H and O–H groups in total. The van der Waals surface area contributed by atoms with Crippen molar-refractivity contribution in [2.75, 3.05) is 6.54 Å². The van der Waals surface area contributed by atoms with Crippen molar-refractivity contribution in [3.8, 4) is 0 Å². The number of likely N-dealkylation sites (tertiary alicyclic amines) is 1. The zero-order valence-electron chi connectivity index (χ0n) is 9.43. The van der Waals surface area contributed by atoms with E-state index in [2.05, 4.69) is 5.16 Å². The Labute approximate surface area is 94.6 Å². The summed E-state index contributed by atoms with van der Waals surface area (Å²) in [5, 5.41) is 3.68. The van der Waals surface area contributed by atoms with Crippen molar-refractivity contribution in [2.45, 2.75) is 38.3 Å². The van der Waals surface area contributed by atoms with Crippen molar-refractivity contribution in [3.63, 3.8) is 0 Å². The predicted molar refractivity (Wildman–Crippen MR) is 58.8 cm³/mol. The summed E-state index contributed by atoms with van der Waals surface area (Å²) >= 11 is 0. The van der Waals surface area contributed by atoms with E-state index in [0.717, 1.165) is 25.8 Å². The van der Waals surface area contributed by atoms with Crippen molar-refractivity contribution >= 4 is 5.91 Å². The SMILES string of the molecule is CC(N)C1CCCCN1C(=O)c1ccon1. The highest BCUT2D eigenvalue weighted by Crippen LogP contribution is 2.20. The van der Waals surface area contributed by atoms with Gasteiger partial charge < -0.3 is 15.2 Å². The van der Waals surface area contributed by atoms with Gasteiger partial charge in [0.25, 0.3) is 5.91 Å². The van der Waals surface area contributed by atoms with E-state index < -0.39 is 0 Å². The summed E-state index contributed by atoms with van der Waals surface area (Å²) in [6.45, 7) is 2.71. The number of carbonyl (C=O) groups is 1. The number of carbonyl (C=O) groups excluding carboxylic acids is 1. The van der Waals surface area contributed by atoms with Crippen molar-refractivity contribution < 1.29 is 9.32 Å². The molecule has 1 aromatic heterocycles. The van der Waals surface area contributed by atoms with Gasteiger partial charge in [0.2, 0.25) is 0 Å². The smallest absolute Gasteiger partial charge is 0.276 e. The zero-order valence-corrected chi connectivity index (χ0v) is 9.43. The molecule has 0 aromatic carbocycles. The summed E-state index contributed by atoms with van der Waals surface area (Å²) in [5.74, 6) is -0.0734. The minimum atomic E-state index is -0.0734. The van der Waals surface area contributed by atoms with Crippen LogP contribution in [0.15, 0.2) is 16.9 Å². The van der Waals surface area contributed by atoms with Crippen LogP contribution in [0.1, 0.15) is 36.7 Å². The lowest BCUT2D eigenvalue weighted by molar-refractivity contribution is 0.0573. The van der Waals surface area contributed by atoms with Crippen LogP contribution >= 0.6 is 0 Å². The third kappa shape index (κ3) is 2.09. The molecular formula is C11H17N3O2. The van der Waals surface area contributed by atoms with Crippen LogP contribution in [0, 0.1) is 0 Å².